The van der Waals surface area contributed by atoms with E-state index in [0.717, 1.165) is 40.8 Å². The monoisotopic (exact) mass is 368 g/mol. The van der Waals surface area contributed by atoms with Crippen molar-refractivity contribution >= 4 is 28.9 Å². The summed E-state index contributed by atoms with van der Waals surface area (Å²) in [4.78, 5) is 8.55. The van der Waals surface area contributed by atoms with Crippen molar-refractivity contribution in [1.82, 2.24) is 9.97 Å². The summed E-state index contributed by atoms with van der Waals surface area (Å²) in [5.74, 6) is 2.35. The van der Waals surface area contributed by atoms with Gasteiger partial charge in [-0.15, -0.1) is 0 Å². The van der Waals surface area contributed by atoms with Crippen LogP contribution in [-0.2, 0) is 6.42 Å². The summed E-state index contributed by atoms with van der Waals surface area (Å²) < 4.78 is 5.25. The fourth-order valence-corrected chi connectivity index (χ4v) is 2.74. The molecule has 0 amide bonds. The summed E-state index contributed by atoms with van der Waals surface area (Å²) in [5.41, 5.74) is 3.12. The van der Waals surface area contributed by atoms with E-state index in [0.29, 0.717) is 5.82 Å². The number of nitrogens with one attached hydrogen (secondary N) is 2. The minimum atomic E-state index is 0.717. The van der Waals surface area contributed by atoms with Gasteiger partial charge in [0.05, 0.1) is 7.11 Å². The number of halogens is 1. The van der Waals surface area contributed by atoms with E-state index in [1.165, 1.54) is 11.9 Å². The van der Waals surface area contributed by atoms with Crippen molar-refractivity contribution in [1.29, 1.82) is 0 Å². The molecule has 0 saturated heterocycles. The van der Waals surface area contributed by atoms with Crippen LogP contribution in [0.1, 0.15) is 11.1 Å². The number of aromatic nitrogens is 2. The molecule has 0 saturated carbocycles. The molecule has 134 valence electrons. The maximum absolute atomic E-state index is 6.17. The normalized spacial score (nSPS) is 10.4. The minimum Gasteiger partial charge on any atom is -0.497 e. The molecule has 0 fully saturated rings. The van der Waals surface area contributed by atoms with Crippen molar-refractivity contribution in [2.24, 2.45) is 0 Å². The molecule has 0 radical (unpaired) electrons. The highest BCUT2D eigenvalue weighted by Crippen LogP contribution is 2.25. The highest BCUT2D eigenvalue weighted by molar-refractivity contribution is 6.31. The summed E-state index contributed by atoms with van der Waals surface area (Å²) in [6.45, 7) is 2.74. The van der Waals surface area contributed by atoms with E-state index in [2.05, 4.69) is 26.7 Å². The molecule has 1 heterocycles. The van der Waals surface area contributed by atoms with Gasteiger partial charge in [0.2, 0.25) is 0 Å². The lowest BCUT2D eigenvalue weighted by Crippen LogP contribution is -2.07. The van der Waals surface area contributed by atoms with E-state index in [4.69, 9.17) is 16.3 Å². The zero-order valence-corrected chi connectivity index (χ0v) is 15.5. The van der Waals surface area contributed by atoms with Crippen molar-refractivity contribution in [3.05, 3.63) is 71.0 Å². The van der Waals surface area contributed by atoms with Gasteiger partial charge in [0.1, 0.15) is 23.7 Å². The largest absolute Gasteiger partial charge is 0.497 e. The Balaban J connectivity index is 1.61. The number of hydrogen-bond donors (Lipinski definition) is 2. The molecule has 5 nitrogen and oxygen atoms in total. The van der Waals surface area contributed by atoms with Crippen molar-refractivity contribution < 1.29 is 4.74 Å². The van der Waals surface area contributed by atoms with Gasteiger partial charge in [-0.25, -0.2) is 9.97 Å². The molecule has 3 aromatic rings. The molecule has 0 aliphatic rings. The van der Waals surface area contributed by atoms with Crippen LogP contribution in [0, 0.1) is 6.92 Å². The van der Waals surface area contributed by atoms with Crippen LogP contribution in [0.2, 0.25) is 5.02 Å². The molecule has 26 heavy (non-hydrogen) atoms. The van der Waals surface area contributed by atoms with Gasteiger partial charge in [-0.1, -0.05) is 29.8 Å². The SMILES string of the molecule is COc1cccc(CCNc2cc(Nc3cccc(Cl)c3C)ncn2)c1. The Morgan fingerprint density at radius 1 is 1.04 bits per heavy atom. The Morgan fingerprint density at radius 3 is 2.69 bits per heavy atom. The average Bonchev–Trinajstić information content (AvgIpc) is 2.66. The Morgan fingerprint density at radius 2 is 1.85 bits per heavy atom. The van der Waals surface area contributed by atoms with Crippen LogP contribution in [0.25, 0.3) is 0 Å². The first-order valence-corrected chi connectivity index (χ1v) is 8.74. The number of benzene rings is 2. The first-order chi connectivity index (χ1) is 12.7. The van der Waals surface area contributed by atoms with Gasteiger partial charge in [-0.3, -0.25) is 0 Å². The summed E-state index contributed by atoms with van der Waals surface area (Å²) in [5, 5.41) is 7.33. The summed E-state index contributed by atoms with van der Waals surface area (Å²) in [6, 6.07) is 15.7. The molecule has 0 atom stereocenters. The van der Waals surface area contributed by atoms with Crippen LogP contribution in [0.4, 0.5) is 17.3 Å². The van der Waals surface area contributed by atoms with Gasteiger partial charge >= 0.3 is 0 Å². The molecule has 3 rings (SSSR count). The standard InChI is InChI=1S/C20H21ClN4O/c1-14-17(21)7-4-8-18(14)25-20-12-19(23-13-24-20)22-10-9-15-5-3-6-16(11-15)26-2/h3-8,11-13H,9-10H2,1-2H3,(H2,22,23,24,25). The van der Waals surface area contributed by atoms with Crippen LogP contribution in [0.3, 0.4) is 0 Å². The second-order valence-corrected chi connectivity index (χ2v) is 6.26. The van der Waals surface area contributed by atoms with E-state index < -0.39 is 0 Å². The van der Waals surface area contributed by atoms with Gasteiger partial charge in [-0.2, -0.15) is 0 Å². The van der Waals surface area contributed by atoms with E-state index >= 15 is 0 Å². The third-order valence-corrected chi connectivity index (χ3v) is 4.46. The maximum atomic E-state index is 6.17. The number of hydrogen-bond acceptors (Lipinski definition) is 5. The van der Waals surface area contributed by atoms with E-state index in [1.807, 2.05) is 49.4 Å². The third kappa shape index (κ3) is 4.64. The molecule has 6 heteroatoms. The number of anilines is 3. The molecule has 1 aromatic heterocycles. The summed E-state index contributed by atoms with van der Waals surface area (Å²) in [7, 11) is 1.68. The second-order valence-electron chi connectivity index (χ2n) is 5.85. The number of rotatable bonds is 7. The van der Waals surface area contributed by atoms with Gasteiger partial charge in [0.15, 0.2) is 0 Å². The lowest BCUT2D eigenvalue weighted by molar-refractivity contribution is 0.414. The first-order valence-electron chi connectivity index (χ1n) is 8.36. The smallest absolute Gasteiger partial charge is 0.135 e. The Kier molecular flexibility index (Phi) is 5.92. The topological polar surface area (TPSA) is 59.1 Å². The van der Waals surface area contributed by atoms with Gasteiger partial charge < -0.3 is 15.4 Å². The van der Waals surface area contributed by atoms with Gasteiger partial charge in [-0.05, 0) is 48.7 Å². The molecule has 0 spiro atoms. The summed E-state index contributed by atoms with van der Waals surface area (Å²) >= 11 is 6.17. The van der Waals surface area contributed by atoms with E-state index in [9.17, 15) is 0 Å². The molecule has 0 bridgehead atoms. The van der Waals surface area contributed by atoms with Gasteiger partial charge in [0.25, 0.3) is 0 Å². The Hall–Kier alpha value is -2.79. The predicted octanol–water partition coefficient (Wildman–Crippen LogP) is 4.85. The first kappa shape index (κ1) is 18.0. The number of nitrogens with zero attached hydrogens (tertiary/aromatic N) is 2. The highest BCUT2D eigenvalue weighted by atomic mass is 35.5. The third-order valence-electron chi connectivity index (χ3n) is 4.05. The maximum Gasteiger partial charge on any atom is 0.135 e. The van der Waals surface area contributed by atoms with Crippen molar-refractivity contribution in [2.75, 3.05) is 24.3 Å². The van der Waals surface area contributed by atoms with Crippen molar-refractivity contribution in [2.45, 2.75) is 13.3 Å². The van der Waals surface area contributed by atoms with Crippen LogP contribution < -0.4 is 15.4 Å². The van der Waals surface area contributed by atoms with Crippen LogP contribution in [-0.4, -0.2) is 23.6 Å². The number of ether oxygens (including phenoxy) is 1. The number of methoxy groups -OCH3 is 1. The quantitative estimate of drug-likeness (QED) is 0.624. The highest BCUT2D eigenvalue weighted by Gasteiger charge is 2.04. The predicted molar refractivity (Wildman–Crippen MR) is 107 cm³/mol. The lowest BCUT2D eigenvalue weighted by Gasteiger charge is -2.11. The van der Waals surface area contributed by atoms with Crippen LogP contribution in [0.15, 0.2) is 54.9 Å². The van der Waals surface area contributed by atoms with Crippen LogP contribution >= 0.6 is 11.6 Å². The lowest BCUT2D eigenvalue weighted by atomic mass is 10.1. The molecule has 0 aliphatic carbocycles. The average molecular weight is 369 g/mol. The van der Waals surface area contributed by atoms with Crippen LogP contribution in [0.5, 0.6) is 5.75 Å². The zero-order valence-electron chi connectivity index (χ0n) is 14.8. The zero-order chi connectivity index (χ0) is 18.4. The summed E-state index contributed by atoms with van der Waals surface area (Å²) in [6.07, 6.45) is 2.41. The van der Waals surface area contributed by atoms with E-state index in [-0.39, 0.29) is 0 Å². The fraction of sp³-hybridized carbons (Fsp3) is 0.200. The molecular weight excluding hydrogens is 348 g/mol. The Labute approximate surface area is 158 Å². The Bertz CT molecular complexity index is 885. The van der Waals surface area contributed by atoms with E-state index in [1.54, 1.807) is 7.11 Å². The molecule has 0 unspecified atom stereocenters. The fourth-order valence-electron chi connectivity index (χ4n) is 2.57. The minimum absolute atomic E-state index is 0.717. The van der Waals surface area contributed by atoms with Gasteiger partial charge in [0, 0.05) is 23.3 Å². The van der Waals surface area contributed by atoms with Crippen molar-refractivity contribution in [3.63, 3.8) is 0 Å². The van der Waals surface area contributed by atoms with Crippen molar-refractivity contribution in [3.8, 4) is 5.75 Å². The molecular formula is C20H21ClN4O. The second kappa shape index (κ2) is 8.54. The molecule has 2 N–H and O–H groups in total. The molecule has 0 aliphatic heterocycles. The molecule has 2 aromatic carbocycles.